The Kier molecular flexibility index (Phi) is 14.8. The first-order valence-electron chi connectivity index (χ1n) is 9.90. The van der Waals surface area contributed by atoms with Crippen LogP contribution in [0.1, 0.15) is 90.4 Å². The number of hydrogen-bond donors (Lipinski definition) is 4. The second kappa shape index (κ2) is 15.2. The van der Waals surface area contributed by atoms with Crippen LogP contribution in [0, 0.1) is 0 Å². The number of carbonyl (C=O) groups excluding carboxylic acids is 1. The van der Waals surface area contributed by atoms with Gasteiger partial charge in [0.25, 0.3) is 10.1 Å². The molecule has 9 heteroatoms. The number of hydrogen-bond acceptors (Lipinski definition) is 7. The minimum Gasteiger partial charge on any atom is -0.390 e. The molecule has 3 atom stereocenters. The summed E-state index contributed by atoms with van der Waals surface area (Å²) >= 11 is 0. The predicted molar refractivity (Wildman–Crippen MR) is 102 cm³/mol. The van der Waals surface area contributed by atoms with Gasteiger partial charge in [-0.3, -0.25) is 4.55 Å². The maximum atomic E-state index is 11.6. The van der Waals surface area contributed by atoms with Crippen molar-refractivity contribution in [2.24, 2.45) is 0 Å². The van der Waals surface area contributed by atoms with Gasteiger partial charge in [0.1, 0.15) is 5.25 Å². The van der Waals surface area contributed by atoms with Gasteiger partial charge in [-0.25, -0.2) is 4.79 Å². The summed E-state index contributed by atoms with van der Waals surface area (Å²) in [7, 11) is -4.44. The van der Waals surface area contributed by atoms with Gasteiger partial charge in [0, 0.05) is 6.42 Å². The van der Waals surface area contributed by atoms with Crippen LogP contribution in [0.2, 0.25) is 0 Å². The van der Waals surface area contributed by atoms with E-state index in [-0.39, 0.29) is 19.3 Å². The van der Waals surface area contributed by atoms with Gasteiger partial charge < -0.3 is 15.1 Å². The average molecular weight is 413 g/mol. The quantitative estimate of drug-likeness (QED) is 0.124. The Bertz CT molecular complexity index is 480. The minimum atomic E-state index is -4.44. The summed E-state index contributed by atoms with van der Waals surface area (Å²) in [6.07, 6.45) is 5.78. The Morgan fingerprint density at radius 2 is 1.41 bits per heavy atom. The highest BCUT2D eigenvalue weighted by atomic mass is 32.2. The topological polar surface area (TPSA) is 141 Å². The van der Waals surface area contributed by atoms with Gasteiger partial charge >= 0.3 is 5.97 Å². The maximum absolute atomic E-state index is 11.6. The van der Waals surface area contributed by atoms with Crippen LogP contribution < -0.4 is 0 Å². The number of aliphatic hydroxyl groups is 2. The van der Waals surface area contributed by atoms with E-state index < -0.39 is 33.5 Å². The van der Waals surface area contributed by atoms with Crippen molar-refractivity contribution < 1.29 is 38.1 Å². The highest BCUT2D eigenvalue weighted by Gasteiger charge is 2.34. The fourth-order valence-corrected chi connectivity index (χ4v) is 4.06. The zero-order valence-corrected chi connectivity index (χ0v) is 17.1. The molecule has 0 aromatic heterocycles. The van der Waals surface area contributed by atoms with Gasteiger partial charge in [-0.1, -0.05) is 64.7 Å². The smallest absolute Gasteiger partial charge is 0.342 e. The van der Waals surface area contributed by atoms with E-state index in [1.165, 1.54) is 0 Å². The summed E-state index contributed by atoms with van der Waals surface area (Å²) in [4.78, 5) is 14.3. The molecule has 0 rings (SSSR count). The third kappa shape index (κ3) is 13.1. The molecule has 4 N–H and O–H groups in total. The molecule has 0 heterocycles. The standard InChI is InChI=1S/C18H36O8S/c1-2-3-4-5-6-10-13-16(27(23,24)25)18(21)15(19)12-9-7-8-11-14-17(20)26-22/h15-16,18-19,21-22H,2-14H2,1H3,(H,23,24,25). The molecule has 162 valence electrons. The van der Waals surface area contributed by atoms with Crippen LogP contribution in [-0.4, -0.2) is 51.9 Å². The second-order valence-corrected chi connectivity index (χ2v) is 8.72. The summed E-state index contributed by atoms with van der Waals surface area (Å²) in [5, 5.41) is 27.0. The Balaban J connectivity index is 4.21. The summed E-state index contributed by atoms with van der Waals surface area (Å²) < 4.78 is 32.5. The molecule has 0 fully saturated rings. The molecule has 8 nitrogen and oxygen atoms in total. The third-order valence-electron chi connectivity index (χ3n) is 4.73. The van der Waals surface area contributed by atoms with Crippen molar-refractivity contribution in [3.05, 3.63) is 0 Å². The highest BCUT2D eigenvalue weighted by molar-refractivity contribution is 7.86. The van der Waals surface area contributed by atoms with Crippen LogP contribution in [0.25, 0.3) is 0 Å². The Labute approximate surface area is 162 Å². The van der Waals surface area contributed by atoms with Gasteiger partial charge in [0.2, 0.25) is 0 Å². The van der Waals surface area contributed by atoms with Crippen molar-refractivity contribution in [2.75, 3.05) is 0 Å². The van der Waals surface area contributed by atoms with E-state index in [9.17, 15) is 28.0 Å². The van der Waals surface area contributed by atoms with E-state index in [0.29, 0.717) is 32.1 Å². The first-order valence-corrected chi connectivity index (χ1v) is 11.4. The van der Waals surface area contributed by atoms with Gasteiger partial charge in [0.15, 0.2) is 0 Å². The minimum absolute atomic E-state index is 0.102. The lowest BCUT2D eigenvalue weighted by Gasteiger charge is -2.24. The number of rotatable bonds is 17. The molecule has 0 spiro atoms. The second-order valence-electron chi connectivity index (χ2n) is 7.08. The fourth-order valence-electron chi connectivity index (χ4n) is 3.06. The van der Waals surface area contributed by atoms with Crippen LogP contribution in [0.3, 0.4) is 0 Å². The molecular formula is C18H36O8S. The van der Waals surface area contributed by atoms with Crippen molar-refractivity contribution >= 4 is 16.1 Å². The first-order chi connectivity index (χ1) is 12.7. The first kappa shape index (κ1) is 26.3. The molecule has 0 amide bonds. The molecule has 0 aliphatic rings. The van der Waals surface area contributed by atoms with Crippen molar-refractivity contribution in [1.29, 1.82) is 0 Å². The summed E-state index contributed by atoms with van der Waals surface area (Å²) in [6.45, 7) is 2.11. The molecule has 0 radical (unpaired) electrons. The highest BCUT2D eigenvalue weighted by Crippen LogP contribution is 2.20. The lowest BCUT2D eigenvalue weighted by atomic mass is 9.99. The molecule has 0 bridgehead atoms. The number of unbranched alkanes of at least 4 members (excludes halogenated alkanes) is 8. The van der Waals surface area contributed by atoms with Crippen molar-refractivity contribution in [3.63, 3.8) is 0 Å². The van der Waals surface area contributed by atoms with Crippen LogP contribution in [0.4, 0.5) is 0 Å². The lowest BCUT2D eigenvalue weighted by Crippen LogP contribution is -2.42. The molecule has 0 saturated heterocycles. The van der Waals surface area contributed by atoms with E-state index in [0.717, 1.165) is 32.1 Å². The summed E-state index contributed by atoms with van der Waals surface area (Å²) in [6, 6.07) is 0. The third-order valence-corrected chi connectivity index (χ3v) is 6.01. The molecule has 3 unspecified atom stereocenters. The summed E-state index contributed by atoms with van der Waals surface area (Å²) in [5.41, 5.74) is 0. The summed E-state index contributed by atoms with van der Waals surface area (Å²) in [5.74, 6) is -0.698. The van der Waals surface area contributed by atoms with Crippen LogP contribution in [-0.2, 0) is 19.8 Å². The molecule has 27 heavy (non-hydrogen) atoms. The van der Waals surface area contributed by atoms with Gasteiger partial charge in [0.05, 0.1) is 12.2 Å². The average Bonchev–Trinajstić information content (AvgIpc) is 2.61. The Hall–Kier alpha value is -0.740. The molecule has 0 aliphatic carbocycles. The predicted octanol–water partition coefficient (Wildman–Crippen LogP) is 3.07. The Morgan fingerprint density at radius 3 is 1.96 bits per heavy atom. The van der Waals surface area contributed by atoms with E-state index in [1.807, 2.05) is 0 Å². The van der Waals surface area contributed by atoms with E-state index in [1.54, 1.807) is 0 Å². The lowest BCUT2D eigenvalue weighted by molar-refractivity contribution is -0.234. The number of aliphatic hydroxyl groups excluding tert-OH is 2. The van der Waals surface area contributed by atoms with E-state index in [2.05, 4.69) is 11.8 Å². The molecule has 0 aromatic carbocycles. The van der Waals surface area contributed by atoms with Crippen molar-refractivity contribution in [1.82, 2.24) is 0 Å². The Morgan fingerprint density at radius 1 is 0.889 bits per heavy atom. The fraction of sp³-hybridized carbons (Fsp3) is 0.944. The zero-order chi connectivity index (χ0) is 20.7. The van der Waals surface area contributed by atoms with Crippen LogP contribution >= 0.6 is 0 Å². The normalized spacial score (nSPS) is 15.3. The van der Waals surface area contributed by atoms with Crippen molar-refractivity contribution in [2.45, 2.75) is 108 Å². The molecule has 0 aromatic rings. The molecule has 0 aliphatic heterocycles. The van der Waals surface area contributed by atoms with Crippen LogP contribution in [0.5, 0.6) is 0 Å². The van der Waals surface area contributed by atoms with E-state index in [4.69, 9.17) is 5.26 Å². The molecule has 0 saturated carbocycles. The van der Waals surface area contributed by atoms with Crippen LogP contribution in [0.15, 0.2) is 0 Å². The molecular weight excluding hydrogens is 376 g/mol. The van der Waals surface area contributed by atoms with Gasteiger partial charge in [-0.2, -0.15) is 13.7 Å². The SMILES string of the molecule is CCCCCCCCC(C(O)C(O)CCCCCCC(=O)OO)S(=O)(=O)O. The van der Waals surface area contributed by atoms with Gasteiger partial charge in [-0.15, -0.1) is 0 Å². The van der Waals surface area contributed by atoms with Gasteiger partial charge in [-0.05, 0) is 19.3 Å². The monoisotopic (exact) mass is 412 g/mol. The van der Waals surface area contributed by atoms with Crippen molar-refractivity contribution in [3.8, 4) is 0 Å². The zero-order valence-electron chi connectivity index (χ0n) is 16.3. The van der Waals surface area contributed by atoms with E-state index >= 15 is 0 Å². The number of carbonyl (C=O) groups is 1. The maximum Gasteiger partial charge on any atom is 0.342 e. The largest absolute Gasteiger partial charge is 0.390 e.